The minimum absolute atomic E-state index is 0.298. The molecule has 1 N–H and O–H groups in total. The fourth-order valence-corrected chi connectivity index (χ4v) is 3.56. The van der Waals surface area contributed by atoms with Gasteiger partial charge in [-0.3, -0.25) is 9.88 Å². The number of nitrogens with zero attached hydrogens (tertiary/aromatic N) is 4. The number of hydrogen-bond donors (Lipinski definition) is 1. The molecule has 6 heteroatoms. The molecule has 0 amide bonds. The van der Waals surface area contributed by atoms with Gasteiger partial charge in [0.05, 0.1) is 18.3 Å². The highest BCUT2D eigenvalue weighted by Gasteiger charge is 2.27. The second-order valence-electron chi connectivity index (χ2n) is 5.53. The third-order valence-electron chi connectivity index (χ3n) is 4.00. The molecule has 0 bridgehead atoms. The van der Waals surface area contributed by atoms with Crippen LogP contribution >= 0.6 is 11.3 Å². The molecule has 1 saturated heterocycles. The highest BCUT2D eigenvalue weighted by molar-refractivity contribution is 7.11. The average molecular weight is 304 g/mol. The summed E-state index contributed by atoms with van der Waals surface area (Å²) in [6, 6.07) is 5.71. The Morgan fingerprint density at radius 3 is 2.76 bits per heavy atom. The Bertz CT molecular complexity index is 566. The van der Waals surface area contributed by atoms with Gasteiger partial charge in [0.1, 0.15) is 10.0 Å². The Hall–Kier alpha value is -1.37. The Balaban J connectivity index is 1.53. The largest absolute Gasteiger partial charge is 0.387 e. The zero-order valence-electron chi connectivity index (χ0n) is 12.1. The summed E-state index contributed by atoms with van der Waals surface area (Å²) in [4.78, 5) is 6.65. The van der Waals surface area contributed by atoms with E-state index in [1.54, 1.807) is 17.5 Å². The zero-order valence-corrected chi connectivity index (χ0v) is 13.0. The van der Waals surface area contributed by atoms with Crippen molar-refractivity contribution in [2.45, 2.75) is 32.4 Å². The molecule has 1 unspecified atom stereocenters. The van der Waals surface area contributed by atoms with E-state index in [2.05, 4.69) is 20.1 Å². The van der Waals surface area contributed by atoms with Gasteiger partial charge in [0.15, 0.2) is 0 Å². The summed E-state index contributed by atoms with van der Waals surface area (Å²) in [7, 11) is 0. The molecular weight excluding hydrogens is 284 g/mol. The van der Waals surface area contributed by atoms with Crippen molar-refractivity contribution in [1.29, 1.82) is 0 Å². The third kappa shape index (κ3) is 3.64. The monoisotopic (exact) mass is 304 g/mol. The Labute approximate surface area is 128 Å². The van der Waals surface area contributed by atoms with Crippen molar-refractivity contribution in [2.75, 3.05) is 13.1 Å². The minimum Gasteiger partial charge on any atom is -0.387 e. The summed E-state index contributed by atoms with van der Waals surface area (Å²) in [5.41, 5.74) is 0.788. The number of aliphatic hydroxyl groups is 1. The molecule has 2 aromatic heterocycles. The fraction of sp³-hybridized carbons (Fsp3) is 0.533. The van der Waals surface area contributed by atoms with Crippen LogP contribution in [0.5, 0.6) is 0 Å². The number of pyridine rings is 1. The molecule has 0 aliphatic carbocycles. The lowest BCUT2D eigenvalue weighted by molar-refractivity contribution is 0.0539. The molecule has 21 heavy (non-hydrogen) atoms. The Morgan fingerprint density at radius 1 is 1.33 bits per heavy atom. The van der Waals surface area contributed by atoms with Crippen LogP contribution in [0.25, 0.3) is 0 Å². The van der Waals surface area contributed by atoms with Crippen molar-refractivity contribution in [2.24, 2.45) is 5.92 Å². The molecule has 1 fully saturated rings. The zero-order chi connectivity index (χ0) is 14.7. The number of piperidine rings is 1. The smallest absolute Gasteiger partial charge is 0.131 e. The van der Waals surface area contributed by atoms with E-state index in [4.69, 9.17) is 0 Å². The van der Waals surface area contributed by atoms with E-state index in [1.807, 2.05) is 25.1 Å². The van der Waals surface area contributed by atoms with Gasteiger partial charge in [-0.15, -0.1) is 21.5 Å². The summed E-state index contributed by atoms with van der Waals surface area (Å²) in [6.07, 6.45) is 3.29. The molecule has 0 saturated carbocycles. The molecule has 0 radical (unpaired) electrons. The summed E-state index contributed by atoms with van der Waals surface area (Å²) < 4.78 is 0. The van der Waals surface area contributed by atoms with Crippen molar-refractivity contribution in [3.8, 4) is 0 Å². The molecular formula is C15H20N4OS. The van der Waals surface area contributed by atoms with Gasteiger partial charge < -0.3 is 5.11 Å². The van der Waals surface area contributed by atoms with Gasteiger partial charge in [0.25, 0.3) is 0 Å². The van der Waals surface area contributed by atoms with Gasteiger partial charge in [-0.2, -0.15) is 0 Å². The molecule has 112 valence electrons. The lowest BCUT2D eigenvalue weighted by Crippen LogP contribution is -2.35. The van der Waals surface area contributed by atoms with Crippen molar-refractivity contribution in [3.63, 3.8) is 0 Å². The van der Waals surface area contributed by atoms with Crippen LogP contribution in [0.2, 0.25) is 0 Å². The second kappa shape index (κ2) is 6.60. The van der Waals surface area contributed by atoms with Crippen LogP contribution in [0.1, 0.15) is 34.7 Å². The molecule has 0 aromatic carbocycles. The number of aryl methyl sites for hydroxylation is 1. The third-order valence-corrected chi connectivity index (χ3v) is 4.82. The van der Waals surface area contributed by atoms with E-state index in [9.17, 15) is 5.11 Å². The molecule has 2 aromatic rings. The number of aliphatic hydroxyl groups excluding tert-OH is 1. The lowest BCUT2D eigenvalue weighted by atomic mass is 9.89. The van der Waals surface area contributed by atoms with Crippen LogP contribution in [0.15, 0.2) is 24.4 Å². The standard InChI is InChI=1S/C15H20N4OS/c1-11-17-18-14(21-11)10-19-8-5-12(6-9-19)15(20)13-4-2-3-7-16-13/h2-4,7,12,15,20H,5-6,8-10H2,1H3. The van der Waals surface area contributed by atoms with E-state index in [-0.39, 0.29) is 0 Å². The maximum atomic E-state index is 10.4. The first-order chi connectivity index (χ1) is 10.2. The molecule has 1 aliphatic rings. The normalized spacial score (nSPS) is 18.8. The molecule has 0 spiro atoms. The van der Waals surface area contributed by atoms with Gasteiger partial charge in [-0.25, -0.2) is 0 Å². The SMILES string of the molecule is Cc1nnc(CN2CCC(C(O)c3ccccn3)CC2)s1. The highest BCUT2D eigenvalue weighted by Crippen LogP contribution is 2.30. The first-order valence-corrected chi connectivity index (χ1v) is 8.14. The predicted molar refractivity (Wildman–Crippen MR) is 81.8 cm³/mol. The summed E-state index contributed by atoms with van der Waals surface area (Å²) >= 11 is 1.66. The van der Waals surface area contributed by atoms with Crippen LogP contribution in [-0.4, -0.2) is 38.3 Å². The van der Waals surface area contributed by atoms with Crippen molar-refractivity contribution >= 4 is 11.3 Å². The van der Waals surface area contributed by atoms with Gasteiger partial charge in [0.2, 0.25) is 0 Å². The summed E-state index contributed by atoms with van der Waals surface area (Å²) in [5, 5.41) is 20.8. The molecule has 5 nitrogen and oxygen atoms in total. The highest BCUT2D eigenvalue weighted by atomic mass is 32.1. The van der Waals surface area contributed by atoms with Crippen LogP contribution in [0.3, 0.4) is 0 Å². The van der Waals surface area contributed by atoms with Crippen molar-refractivity contribution in [3.05, 3.63) is 40.1 Å². The summed E-state index contributed by atoms with van der Waals surface area (Å²) in [5.74, 6) is 0.298. The number of hydrogen-bond acceptors (Lipinski definition) is 6. The average Bonchev–Trinajstić information content (AvgIpc) is 2.93. The first-order valence-electron chi connectivity index (χ1n) is 7.32. The molecule has 3 heterocycles. The summed E-state index contributed by atoms with van der Waals surface area (Å²) in [6.45, 7) is 4.84. The van der Waals surface area contributed by atoms with Gasteiger partial charge in [0, 0.05) is 6.20 Å². The second-order valence-corrected chi connectivity index (χ2v) is 6.79. The van der Waals surface area contributed by atoms with Gasteiger partial charge >= 0.3 is 0 Å². The van der Waals surface area contributed by atoms with Crippen LogP contribution in [0.4, 0.5) is 0 Å². The number of likely N-dealkylation sites (tertiary alicyclic amines) is 1. The lowest BCUT2D eigenvalue weighted by Gasteiger charge is -2.33. The van der Waals surface area contributed by atoms with Crippen LogP contribution in [-0.2, 0) is 6.54 Å². The van der Waals surface area contributed by atoms with Crippen molar-refractivity contribution in [1.82, 2.24) is 20.1 Å². The maximum Gasteiger partial charge on any atom is 0.131 e. The Morgan fingerprint density at radius 2 is 2.14 bits per heavy atom. The molecule has 1 aliphatic heterocycles. The van der Waals surface area contributed by atoms with Crippen LogP contribution in [0, 0.1) is 12.8 Å². The van der Waals surface area contributed by atoms with E-state index < -0.39 is 6.10 Å². The van der Waals surface area contributed by atoms with Gasteiger partial charge in [-0.1, -0.05) is 6.07 Å². The van der Waals surface area contributed by atoms with Crippen molar-refractivity contribution < 1.29 is 5.11 Å². The molecule has 3 rings (SSSR count). The quantitative estimate of drug-likeness (QED) is 0.938. The predicted octanol–water partition coefficient (Wildman–Crippen LogP) is 2.19. The van der Waals surface area contributed by atoms with Gasteiger partial charge in [-0.05, 0) is 50.9 Å². The van der Waals surface area contributed by atoms with E-state index >= 15 is 0 Å². The number of aromatic nitrogens is 3. The maximum absolute atomic E-state index is 10.4. The topological polar surface area (TPSA) is 62.1 Å². The molecule has 1 atom stereocenters. The first kappa shape index (κ1) is 14.6. The van der Waals surface area contributed by atoms with Crippen LogP contribution < -0.4 is 0 Å². The Kier molecular flexibility index (Phi) is 4.57. The fourth-order valence-electron chi connectivity index (χ4n) is 2.81. The van der Waals surface area contributed by atoms with E-state index in [0.717, 1.165) is 48.2 Å². The minimum atomic E-state index is -0.447. The number of rotatable bonds is 4. The van der Waals surface area contributed by atoms with E-state index in [1.165, 1.54) is 0 Å². The van der Waals surface area contributed by atoms with E-state index in [0.29, 0.717) is 5.92 Å².